The van der Waals surface area contributed by atoms with Crippen LogP contribution in [-0.4, -0.2) is 53.9 Å². The zero-order valence-corrected chi connectivity index (χ0v) is 14.7. The first kappa shape index (κ1) is 21.4. The van der Waals surface area contributed by atoms with Gasteiger partial charge in [0.2, 0.25) is 5.90 Å². The van der Waals surface area contributed by atoms with Gasteiger partial charge in [-0.25, -0.2) is 31.5 Å². The molecule has 23 heavy (non-hydrogen) atoms. The summed E-state index contributed by atoms with van der Waals surface area (Å²) in [4.78, 5) is 30.7. The van der Waals surface area contributed by atoms with E-state index in [1.807, 2.05) is 6.92 Å². The maximum atomic E-state index is 13.0. The van der Waals surface area contributed by atoms with Crippen molar-refractivity contribution >= 4 is 40.1 Å². The van der Waals surface area contributed by atoms with Crippen LogP contribution in [0.25, 0.3) is 0 Å². The predicted molar refractivity (Wildman–Crippen MR) is 82.8 cm³/mol. The third kappa shape index (κ3) is 9.94. The maximum absolute atomic E-state index is 13.0. The third-order valence-electron chi connectivity index (χ3n) is 2.29. The second-order valence-electron chi connectivity index (χ2n) is 4.48. The highest BCUT2D eigenvalue weighted by Gasteiger charge is 2.26. The van der Waals surface area contributed by atoms with Crippen molar-refractivity contribution in [1.29, 1.82) is 5.41 Å². The molecule has 0 aliphatic heterocycles. The third-order valence-corrected chi connectivity index (χ3v) is 4.87. The first-order valence-corrected chi connectivity index (χ1v) is 9.17. The van der Waals surface area contributed by atoms with Crippen LogP contribution in [0.5, 0.6) is 0 Å². The number of halogens is 1. The summed E-state index contributed by atoms with van der Waals surface area (Å²) in [6.45, 7) is 3.11. The van der Waals surface area contributed by atoms with Crippen molar-refractivity contribution < 1.29 is 32.2 Å². The molecular formula is C11H20FN3O6S2. The Balaban J connectivity index is 4.65. The molecule has 0 fully saturated rings. The van der Waals surface area contributed by atoms with Gasteiger partial charge < -0.3 is 0 Å². The quantitative estimate of drug-likeness (QED) is 0.101. The van der Waals surface area contributed by atoms with E-state index in [-0.39, 0.29) is 22.2 Å². The number of sulfone groups is 1. The van der Waals surface area contributed by atoms with E-state index in [2.05, 4.69) is 9.78 Å². The van der Waals surface area contributed by atoms with Gasteiger partial charge in [0, 0.05) is 14.0 Å². The van der Waals surface area contributed by atoms with E-state index in [1.54, 1.807) is 0 Å². The molecule has 0 atom stereocenters. The molecule has 0 aliphatic rings. The van der Waals surface area contributed by atoms with E-state index in [0.717, 1.165) is 13.5 Å². The summed E-state index contributed by atoms with van der Waals surface area (Å²) >= 11 is 0.217. The summed E-state index contributed by atoms with van der Waals surface area (Å²) in [7, 11) is -2.57. The highest BCUT2D eigenvalue weighted by atomic mass is 32.2. The molecule has 0 saturated carbocycles. The fraction of sp³-hybridized carbons (Fsp3) is 0.727. The van der Waals surface area contributed by atoms with Gasteiger partial charge in [0.05, 0.1) is 17.9 Å². The molecular weight excluding hydrogens is 353 g/mol. The minimum atomic E-state index is -3.69. The number of unbranched alkanes of at least 4 members (excludes halogenated alkanes) is 2. The number of hydrogen-bond acceptors (Lipinski definition) is 8. The van der Waals surface area contributed by atoms with Gasteiger partial charge in [0.15, 0.2) is 9.84 Å². The first-order chi connectivity index (χ1) is 10.6. The van der Waals surface area contributed by atoms with Crippen molar-refractivity contribution in [3.63, 3.8) is 0 Å². The lowest BCUT2D eigenvalue weighted by Crippen LogP contribution is -2.34. The minimum Gasteiger partial charge on any atom is -0.270 e. The Bertz CT molecular complexity index is 528. The monoisotopic (exact) mass is 373 g/mol. The van der Waals surface area contributed by atoms with Gasteiger partial charge in [0.1, 0.15) is 5.88 Å². The molecule has 0 rings (SSSR count). The van der Waals surface area contributed by atoms with Crippen LogP contribution in [0.1, 0.15) is 33.1 Å². The lowest BCUT2D eigenvalue weighted by molar-refractivity contribution is -0.164. The van der Waals surface area contributed by atoms with Crippen LogP contribution in [0.4, 0.5) is 14.0 Å². The molecule has 0 bridgehead atoms. The summed E-state index contributed by atoms with van der Waals surface area (Å²) in [6.07, 6.45) is -1.24. The molecule has 0 aromatic rings. The van der Waals surface area contributed by atoms with E-state index in [1.165, 1.54) is 6.92 Å². The zero-order valence-electron chi connectivity index (χ0n) is 13.1. The molecule has 0 spiro atoms. The van der Waals surface area contributed by atoms with Gasteiger partial charge in [-0.3, -0.25) is 10.3 Å². The normalized spacial score (nSPS) is 10.8. The molecule has 2 amide bonds. The minimum absolute atomic E-state index is 0.185. The Morgan fingerprint density at radius 1 is 1.26 bits per heavy atom. The van der Waals surface area contributed by atoms with E-state index >= 15 is 0 Å². The highest BCUT2D eigenvalue weighted by Crippen LogP contribution is 2.19. The number of hydrogen-bond donors (Lipinski definition) is 1. The zero-order chi connectivity index (χ0) is 18.0. The number of carbonyl (C=O) groups is 2. The van der Waals surface area contributed by atoms with Crippen molar-refractivity contribution in [2.45, 2.75) is 33.1 Å². The first-order valence-electron chi connectivity index (χ1n) is 6.62. The molecule has 0 radical (unpaired) electrons. The average molecular weight is 373 g/mol. The highest BCUT2D eigenvalue weighted by molar-refractivity contribution is 7.97. The molecule has 1 N–H and O–H groups in total. The van der Waals surface area contributed by atoms with Gasteiger partial charge >= 0.3 is 12.3 Å². The van der Waals surface area contributed by atoms with Crippen molar-refractivity contribution in [2.24, 2.45) is 0 Å². The number of nitrogens with one attached hydrogen (secondary N) is 1. The Labute approximate surface area is 138 Å². The van der Waals surface area contributed by atoms with Gasteiger partial charge in [-0.1, -0.05) is 19.8 Å². The van der Waals surface area contributed by atoms with Crippen LogP contribution in [0.15, 0.2) is 0 Å². The fourth-order valence-electron chi connectivity index (χ4n) is 1.25. The van der Waals surface area contributed by atoms with E-state index in [9.17, 15) is 22.4 Å². The number of rotatable bonds is 8. The lowest BCUT2D eigenvalue weighted by Gasteiger charge is -2.21. The molecule has 0 aliphatic carbocycles. The SMILES string of the molecule is CCCCCS(=O)(=O)CN(SN(C)C(=O)OOC(C)=N)C(=O)F. The van der Waals surface area contributed by atoms with Crippen molar-refractivity contribution in [3.8, 4) is 0 Å². The summed E-state index contributed by atoms with van der Waals surface area (Å²) < 4.78 is 37.6. The van der Waals surface area contributed by atoms with Gasteiger partial charge in [-0.15, -0.1) is 4.39 Å². The van der Waals surface area contributed by atoms with E-state index in [0.29, 0.717) is 17.1 Å². The summed E-state index contributed by atoms with van der Waals surface area (Å²) in [5.41, 5.74) is 0. The maximum Gasteiger partial charge on any atom is 0.463 e. The summed E-state index contributed by atoms with van der Waals surface area (Å²) in [6, 6.07) is 0. The van der Waals surface area contributed by atoms with Crippen LogP contribution in [0.3, 0.4) is 0 Å². The Kier molecular flexibility index (Phi) is 9.56. The lowest BCUT2D eigenvalue weighted by atomic mass is 10.3. The van der Waals surface area contributed by atoms with Gasteiger partial charge in [-0.2, -0.15) is 0 Å². The van der Waals surface area contributed by atoms with Crippen LogP contribution < -0.4 is 0 Å². The molecule has 0 unspecified atom stereocenters. The molecule has 0 heterocycles. The van der Waals surface area contributed by atoms with Gasteiger partial charge in [0.25, 0.3) is 0 Å². The Morgan fingerprint density at radius 3 is 2.35 bits per heavy atom. The summed E-state index contributed by atoms with van der Waals surface area (Å²) in [5.74, 6) is -1.46. The second-order valence-corrected chi connectivity index (χ2v) is 7.79. The van der Waals surface area contributed by atoms with Crippen LogP contribution in [0, 0.1) is 5.41 Å². The van der Waals surface area contributed by atoms with E-state index in [4.69, 9.17) is 5.41 Å². The standard InChI is InChI=1S/C11H20FN3O6S2/c1-4-5-6-7-23(18,19)8-15(10(12)16)22-14(3)11(17)21-20-9(2)13/h13H,4-8H2,1-3H3. The molecule has 0 saturated heterocycles. The number of carbonyl (C=O) groups excluding carboxylic acids is 2. The Hall–Kier alpha value is -1.56. The second kappa shape index (κ2) is 10.3. The molecule has 9 nitrogen and oxygen atoms in total. The van der Waals surface area contributed by atoms with Crippen molar-refractivity contribution in [2.75, 3.05) is 18.7 Å². The van der Waals surface area contributed by atoms with Crippen molar-refractivity contribution in [3.05, 3.63) is 0 Å². The number of amides is 2. The van der Waals surface area contributed by atoms with Crippen molar-refractivity contribution in [1.82, 2.24) is 8.61 Å². The van der Waals surface area contributed by atoms with Gasteiger partial charge in [-0.05, 0) is 6.42 Å². The molecule has 12 heteroatoms. The largest absolute Gasteiger partial charge is 0.463 e. The smallest absolute Gasteiger partial charge is 0.270 e. The predicted octanol–water partition coefficient (Wildman–Crippen LogP) is 2.50. The molecule has 134 valence electrons. The topological polar surface area (TPSA) is 117 Å². The summed E-state index contributed by atoms with van der Waals surface area (Å²) in [5, 5.41) is 6.91. The fourth-order valence-corrected chi connectivity index (χ4v) is 3.61. The Morgan fingerprint density at radius 2 is 1.87 bits per heavy atom. The average Bonchev–Trinajstić information content (AvgIpc) is 2.43. The van der Waals surface area contributed by atoms with Crippen LogP contribution in [-0.2, 0) is 19.6 Å². The van der Waals surface area contributed by atoms with Crippen LogP contribution in [0.2, 0.25) is 0 Å². The van der Waals surface area contributed by atoms with E-state index < -0.39 is 33.9 Å². The number of nitrogens with zero attached hydrogens (tertiary/aromatic N) is 2. The molecule has 0 aromatic heterocycles. The van der Waals surface area contributed by atoms with Crippen LogP contribution >= 0.6 is 12.1 Å². The molecule has 0 aromatic carbocycles.